The van der Waals surface area contributed by atoms with Crippen molar-refractivity contribution in [2.75, 3.05) is 0 Å². The number of aryl methyl sites for hydroxylation is 1. The van der Waals surface area contributed by atoms with Gasteiger partial charge in [0.05, 0.1) is 18.8 Å². The summed E-state index contributed by atoms with van der Waals surface area (Å²) in [5, 5.41) is 14.7. The Morgan fingerprint density at radius 2 is 2.11 bits per heavy atom. The van der Waals surface area contributed by atoms with E-state index in [4.69, 9.17) is 11.6 Å². The van der Waals surface area contributed by atoms with Crippen molar-refractivity contribution >= 4 is 11.6 Å². The topological polar surface area (TPSA) is 38.0 Å². The van der Waals surface area contributed by atoms with Gasteiger partial charge in [0.15, 0.2) is 0 Å². The lowest BCUT2D eigenvalue weighted by Gasteiger charge is -2.06. The maximum Gasteiger partial charge on any atom is 0.133 e. The standard InChI is InChI=1S/C15H17ClN2O/c1-10-4-2-3-5-12(10)8-18-15(16)13(9-19)14(17-18)11-6-7-11/h2-5,11,19H,6-9H2,1H3. The Bertz CT molecular complexity index is 602. The highest BCUT2D eigenvalue weighted by atomic mass is 35.5. The van der Waals surface area contributed by atoms with E-state index in [1.807, 2.05) is 16.8 Å². The maximum atomic E-state index is 9.47. The van der Waals surface area contributed by atoms with Gasteiger partial charge in [-0.2, -0.15) is 5.10 Å². The number of halogens is 1. The lowest BCUT2D eigenvalue weighted by Crippen LogP contribution is -2.04. The first kappa shape index (κ1) is 12.7. The van der Waals surface area contributed by atoms with Crippen LogP contribution in [0.2, 0.25) is 5.15 Å². The van der Waals surface area contributed by atoms with E-state index in [0.717, 1.165) is 24.1 Å². The van der Waals surface area contributed by atoms with Crippen LogP contribution in [0.4, 0.5) is 0 Å². The number of hydrogen-bond acceptors (Lipinski definition) is 2. The van der Waals surface area contributed by atoms with E-state index in [-0.39, 0.29) is 6.61 Å². The molecule has 1 aromatic heterocycles. The first-order valence-corrected chi connectivity index (χ1v) is 6.99. The van der Waals surface area contributed by atoms with Crippen LogP contribution in [-0.2, 0) is 13.2 Å². The Hall–Kier alpha value is -1.32. The third kappa shape index (κ3) is 2.40. The summed E-state index contributed by atoms with van der Waals surface area (Å²) >= 11 is 6.34. The van der Waals surface area contributed by atoms with Gasteiger partial charge in [-0.1, -0.05) is 35.9 Å². The molecule has 1 heterocycles. The number of rotatable bonds is 4. The molecule has 1 fully saturated rings. The van der Waals surface area contributed by atoms with E-state index in [9.17, 15) is 5.11 Å². The van der Waals surface area contributed by atoms with Crippen molar-refractivity contribution < 1.29 is 5.11 Å². The number of benzene rings is 1. The van der Waals surface area contributed by atoms with E-state index in [0.29, 0.717) is 17.6 Å². The van der Waals surface area contributed by atoms with Crippen LogP contribution in [0.1, 0.15) is 41.1 Å². The normalized spacial score (nSPS) is 14.9. The summed E-state index contributed by atoms with van der Waals surface area (Å²) < 4.78 is 1.81. The molecule has 1 aliphatic carbocycles. The molecule has 3 nitrogen and oxygen atoms in total. The minimum Gasteiger partial charge on any atom is -0.391 e. The molecule has 19 heavy (non-hydrogen) atoms. The largest absolute Gasteiger partial charge is 0.391 e. The molecule has 0 aliphatic heterocycles. The third-order valence-electron chi connectivity index (χ3n) is 3.72. The van der Waals surface area contributed by atoms with Crippen molar-refractivity contribution in [3.8, 4) is 0 Å². The van der Waals surface area contributed by atoms with Gasteiger partial charge in [0.25, 0.3) is 0 Å². The van der Waals surface area contributed by atoms with E-state index in [2.05, 4.69) is 24.2 Å². The highest BCUT2D eigenvalue weighted by molar-refractivity contribution is 6.30. The van der Waals surface area contributed by atoms with Gasteiger partial charge < -0.3 is 5.11 Å². The van der Waals surface area contributed by atoms with E-state index >= 15 is 0 Å². The molecule has 0 unspecified atom stereocenters. The van der Waals surface area contributed by atoms with Gasteiger partial charge in [0.1, 0.15) is 5.15 Å². The molecule has 100 valence electrons. The SMILES string of the molecule is Cc1ccccc1Cn1nc(C2CC2)c(CO)c1Cl. The van der Waals surface area contributed by atoms with Gasteiger partial charge in [-0.05, 0) is 30.9 Å². The summed E-state index contributed by atoms with van der Waals surface area (Å²) in [7, 11) is 0. The Labute approximate surface area is 117 Å². The number of hydrogen-bond donors (Lipinski definition) is 1. The van der Waals surface area contributed by atoms with Crippen LogP contribution >= 0.6 is 11.6 Å². The minimum atomic E-state index is -0.0293. The average Bonchev–Trinajstić information content (AvgIpc) is 3.19. The van der Waals surface area contributed by atoms with Crippen LogP contribution in [0.25, 0.3) is 0 Å². The van der Waals surface area contributed by atoms with Crippen molar-refractivity contribution in [2.45, 2.75) is 38.8 Å². The van der Waals surface area contributed by atoms with Gasteiger partial charge >= 0.3 is 0 Å². The molecular formula is C15H17ClN2O. The van der Waals surface area contributed by atoms with Gasteiger partial charge in [0, 0.05) is 11.5 Å². The number of aliphatic hydroxyl groups excluding tert-OH is 1. The van der Waals surface area contributed by atoms with Crippen LogP contribution < -0.4 is 0 Å². The Morgan fingerprint density at radius 1 is 1.37 bits per heavy atom. The van der Waals surface area contributed by atoms with Gasteiger partial charge in [-0.15, -0.1) is 0 Å². The third-order valence-corrected chi connectivity index (χ3v) is 4.14. The Kier molecular flexibility index (Phi) is 3.33. The molecule has 1 aromatic carbocycles. The summed E-state index contributed by atoms with van der Waals surface area (Å²) in [6.45, 7) is 2.71. The molecular weight excluding hydrogens is 260 g/mol. The summed E-state index contributed by atoms with van der Waals surface area (Å²) in [5.74, 6) is 0.498. The molecule has 0 bridgehead atoms. The van der Waals surface area contributed by atoms with Gasteiger partial charge in [-0.3, -0.25) is 0 Å². The smallest absolute Gasteiger partial charge is 0.133 e. The second-order valence-electron chi connectivity index (χ2n) is 5.17. The molecule has 1 N–H and O–H groups in total. The maximum absolute atomic E-state index is 9.47. The fourth-order valence-corrected chi connectivity index (χ4v) is 2.63. The monoisotopic (exact) mass is 276 g/mol. The summed E-state index contributed by atoms with van der Waals surface area (Å²) in [5.41, 5.74) is 4.23. The zero-order chi connectivity index (χ0) is 13.4. The highest BCUT2D eigenvalue weighted by Gasteiger charge is 2.31. The van der Waals surface area contributed by atoms with E-state index in [1.165, 1.54) is 11.1 Å². The summed E-state index contributed by atoms with van der Waals surface area (Å²) in [4.78, 5) is 0. The Morgan fingerprint density at radius 3 is 2.74 bits per heavy atom. The molecule has 3 rings (SSSR count). The first-order valence-electron chi connectivity index (χ1n) is 6.61. The molecule has 0 spiro atoms. The average molecular weight is 277 g/mol. The van der Waals surface area contributed by atoms with Gasteiger partial charge in [0.2, 0.25) is 0 Å². The second-order valence-corrected chi connectivity index (χ2v) is 5.53. The summed E-state index contributed by atoms with van der Waals surface area (Å²) in [6.07, 6.45) is 2.31. The molecule has 2 aromatic rings. The van der Waals surface area contributed by atoms with Crippen LogP contribution in [0.3, 0.4) is 0 Å². The molecule has 4 heteroatoms. The molecule has 1 aliphatic rings. The predicted octanol–water partition coefficient (Wildman–Crippen LogP) is 3.26. The fourth-order valence-electron chi connectivity index (χ4n) is 2.38. The van der Waals surface area contributed by atoms with Crippen molar-refractivity contribution in [3.63, 3.8) is 0 Å². The fraction of sp³-hybridized carbons (Fsp3) is 0.400. The van der Waals surface area contributed by atoms with Crippen molar-refractivity contribution in [3.05, 3.63) is 51.8 Å². The second kappa shape index (κ2) is 4.99. The van der Waals surface area contributed by atoms with Crippen LogP contribution in [0.5, 0.6) is 0 Å². The molecule has 1 saturated carbocycles. The number of nitrogens with zero attached hydrogens (tertiary/aromatic N) is 2. The first-order chi connectivity index (χ1) is 9.20. The van der Waals surface area contributed by atoms with E-state index in [1.54, 1.807) is 0 Å². The molecule has 0 atom stereocenters. The summed E-state index contributed by atoms with van der Waals surface area (Å²) in [6, 6.07) is 8.22. The van der Waals surface area contributed by atoms with Crippen molar-refractivity contribution in [1.82, 2.24) is 9.78 Å². The zero-order valence-electron chi connectivity index (χ0n) is 10.9. The lowest BCUT2D eigenvalue weighted by molar-refractivity contribution is 0.280. The predicted molar refractivity (Wildman–Crippen MR) is 75.4 cm³/mol. The lowest BCUT2D eigenvalue weighted by atomic mass is 10.1. The van der Waals surface area contributed by atoms with Gasteiger partial charge in [-0.25, -0.2) is 4.68 Å². The quantitative estimate of drug-likeness (QED) is 0.931. The van der Waals surface area contributed by atoms with Crippen LogP contribution in [-0.4, -0.2) is 14.9 Å². The highest BCUT2D eigenvalue weighted by Crippen LogP contribution is 2.42. The van der Waals surface area contributed by atoms with Crippen molar-refractivity contribution in [1.29, 1.82) is 0 Å². The van der Waals surface area contributed by atoms with Crippen molar-refractivity contribution in [2.24, 2.45) is 0 Å². The van der Waals surface area contributed by atoms with Crippen LogP contribution in [0.15, 0.2) is 24.3 Å². The minimum absolute atomic E-state index is 0.0293. The molecule has 0 saturated heterocycles. The number of aliphatic hydroxyl groups is 1. The molecule has 0 radical (unpaired) electrons. The van der Waals surface area contributed by atoms with Crippen LogP contribution in [0, 0.1) is 6.92 Å². The van der Waals surface area contributed by atoms with E-state index < -0.39 is 0 Å². The number of aromatic nitrogens is 2. The Balaban J connectivity index is 1.95. The molecule has 0 amide bonds. The zero-order valence-corrected chi connectivity index (χ0v) is 11.7.